The Balaban J connectivity index is 1.56. The molecular formula is C19H15FN6O2. The van der Waals surface area contributed by atoms with Gasteiger partial charge in [0.1, 0.15) is 17.9 Å². The van der Waals surface area contributed by atoms with Crippen LogP contribution in [-0.4, -0.2) is 32.8 Å². The number of anilines is 1. The predicted octanol–water partition coefficient (Wildman–Crippen LogP) is 2.72. The van der Waals surface area contributed by atoms with E-state index in [0.29, 0.717) is 33.9 Å². The number of methoxy groups -OCH3 is 1. The summed E-state index contributed by atoms with van der Waals surface area (Å²) >= 11 is 0. The number of hydrogen-bond donors (Lipinski definition) is 2. The Bertz CT molecular complexity index is 1130. The molecule has 0 unspecified atom stereocenters. The highest BCUT2D eigenvalue weighted by atomic mass is 19.1. The number of carbonyl (C=O) groups is 1. The zero-order chi connectivity index (χ0) is 19.5. The highest BCUT2D eigenvalue weighted by Crippen LogP contribution is 2.21. The van der Waals surface area contributed by atoms with Gasteiger partial charge in [0.05, 0.1) is 24.4 Å². The average molecular weight is 378 g/mol. The van der Waals surface area contributed by atoms with Crippen molar-refractivity contribution >= 4 is 22.8 Å². The molecule has 9 heteroatoms. The number of fused-ring (bicyclic) bond motifs is 1. The molecule has 2 aromatic carbocycles. The molecule has 0 aliphatic heterocycles. The Labute approximate surface area is 159 Å². The zero-order valence-electron chi connectivity index (χ0n) is 14.8. The molecule has 4 aromatic rings. The molecule has 2 N–H and O–H groups in total. The monoisotopic (exact) mass is 378 g/mol. The minimum atomic E-state index is -0.335. The van der Waals surface area contributed by atoms with E-state index in [1.807, 2.05) is 0 Å². The van der Waals surface area contributed by atoms with Crippen molar-refractivity contribution in [3.05, 3.63) is 72.4 Å². The summed E-state index contributed by atoms with van der Waals surface area (Å²) in [5, 5.41) is 4.88. The predicted molar refractivity (Wildman–Crippen MR) is 101 cm³/mol. The lowest BCUT2D eigenvalue weighted by atomic mass is 10.2. The lowest BCUT2D eigenvalue weighted by Gasteiger charge is -2.09. The lowest BCUT2D eigenvalue weighted by molar-refractivity contribution is 0.0962. The van der Waals surface area contributed by atoms with Crippen molar-refractivity contribution in [2.45, 2.75) is 0 Å². The number of amides is 1. The SMILES string of the molecule is COc1ccc(C(=O)NNc2ncnc3c2cnn3-c2ccc(F)cc2)cc1. The van der Waals surface area contributed by atoms with Crippen molar-refractivity contribution in [2.75, 3.05) is 12.5 Å². The average Bonchev–Trinajstić information content (AvgIpc) is 3.17. The highest BCUT2D eigenvalue weighted by molar-refractivity contribution is 5.96. The number of hydrogen-bond acceptors (Lipinski definition) is 6. The number of nitrogens with zero attached hydrogens (tertiary/aromatic N) is 4. The number of ether oxygens (including phenoxy) is 1. The van der Waals surface area contributed by atoms with Gasteiger partial charge in [0.15, 0.2) is 11.5 Å². The third-order valence-electron chi connectivity index (χ3n) is 4.08. The second kappa shape index (κ2) is 7.31. The molecule has 28 heavy (non-hydrogen) atoms. The summed E-state index contributed by atoms with van der Waals surface area (Å²) in [7, 11) is 1.56. The van der Waals surface area contributed by atoms with Crippen molar-refractivity contribution in [1.82, 2.24) is 25.2 Å². The highest BCUT2D eigenvalue weighted by Gasteiger charge is 2.12. The van der Waals surface area contributed by atoms with Gasteiger partial charge >= 0.3 is 0 Å². The Morgan fingerprint density at radius 3 is 2.54 bits per heavy atom. The Morgan fingerprint density at radius 1 is 1.07 bits per heavy atom. The van der Waals surface area contributed by atoms with Crippen LogP contribution in [0.4, 0.5) is 10.2 Å². The molecule has 2 heterocycles. The van der Waals surface area contributed by atoms with Crippen LogP contribution < -0.4 is 15.6 Å². The number of benzene rings is 2. The fourth-order valence-electron chi connectivity index (χ4n) is 2.65. The van der Waals surface area contributed by atoms with E-state index < -0.39 is 0 Å². The summed E-state index contributed by atoms with van der Waals surface area (Å²) in [6.07, 6.45) is 2.92. The zero-order valence-corrected chi connectivity index (χ0v) is 14.8. The third-order valence-corrected chi connectivity index (χ3v) is 4.08. The molecule has 0 saturated heterocycles. The smallest absolute Gasteiger partial charge is 0.269 e. The maximum atomic E-state index is 13.2. The maximum absolute atomic E-state index is 13.2. The number of halogens is 1. The fraction of sp³-hybridized carbons (Fsp3) is 0.0526. The molecule has 4 rings (SSSR count). The molecule has 0 fully saturated rings. The first-order valence-corrected chi connectivity index (χ1v) is 8.31. The fourth-order valence-corrected chi connectivity index (χ4v) is 2.65. The molecule has 0 atom stereocenters. The standard InChI is InChI=1S/C19H15FN6O2/c1-28-15-8-2-12(3-9-15)19(27)25-24-17-16-10-23-26(18(16)22-11-21-17)14-6-4-13(20)5-7-14/h2-11H,1H3,(H,25,27)(H,21,22,24). The van der Waals surface area contributed by atoms with Gasteiger partial charge in [-0.25, -0.2) is 19.0 Å². The van der Waals surface area contributed by atoms with E-state index in [1.54, 1.807) is 54.4 Å². The van der Waals surface area contributed by atoms with Crippen LogP contribution >= 0.6 is 0 Å². The van der Waals surface area contributed by atoms with Crippen molar-refractivity contribution in [1.29, 1.82) is 0 Å². The first kappa shape index (κ1) is 17.4. The van der Waals surface area contributed by atoms with Crippen LogP contribution in [0.2, 0.25) is 0 Å². The number of rotatable bonds is 5. The summed E-state index contributed by atoms with van der Waals surface area (Å²) in [5.74, 6) is 0.384. The Morgan fingerprint density at radius 2 is 1.82 bits per heavy atom. The summed E-state index contributed by atoms with van der Waals surface area (Å²) < 4.78 is 19.8. The van der Waals surface area contributed by atoms with Gasteiger partial charge in [-0.1, -0.05) is 0 Å². The normalized spacial score (nSPS) is 10.6. The second-order valence-corrected chi connectivity index (χ2v) is 5.80. The summed E-state index contributed by atoms with van der Waals surface area (Å²) in [5.41, 5.74) is 7.02. The minimum Gasteiger partial charge on any atom is -0.497 e. The Hall–Kier alpha value is -4.01. The molecular weight excluding hydrogens is 363 g/mol. The van der Waals surface area contributed by atoms with Gasteiger partial charge in [0.2, 0.25) is 0 Å². The molecule has 0 aliphatic rings. The van der Waals surface area contributed by atoms with Crippen LogP contribution in [0.15, 0.2) is 61.1 Å². The minimum absolute atomic E-state index is 0.333. The van der Waals surface area contributed by atoms with Gasteiger partial charge in [0, 0.05) is 5.56 Å². The third kappa shape index (κ3) is 3.32. The number of carbonyl (C=O) groups excluding carboxylic acids is 1. The van der Waals surface area contributed by atoms with Crippen LogP contribution in [0.25, 0.3) is 16.7 Å². The molecule has 8 nitrogen and oxygen atoms in total. The van der Waals surface area contributed by atoms with E-state index in [4.69, 9.17) is 4.74 Å². The van der Waals surface area contributed by atoms with Gasteiger partial charge in [-0.3, -0.25) is 15.6 Å². The van der Waals surface area contributed by atoms with Gasteiger partial charge in [0.25, 0.3) is 5.91 Å². The molecule has 0 aliphatic carbocycles. The molecule has 2 aromatic heterocycles. The van der Waals surface area contributed by atoms with Crippen molar-refractivity contribution in [2.24, 2.45) is 0 Å². The first-order valence-electron chi connectivity index (χ1n) is 8.31. The van der Waals surface area contributed by atoms with E-state index in [-0.39, 0.29) is 11.7 Å². The van der Waals surface area contributed by atoms with E-state index >= 15 is 0 Å². The maximum Gasteiger partial charge on any atom is 0.269 e. The molecule has 0 bridgehead atoms. The lowest BCUT2D eigenvalue weighted by Crippen LogP contribution is -2.29. The van der Waals surface area contributed by atoms with E-state index in [2.05, 4.69) is 25.9 Å². The van der Waals surface area contributed by atoms with E-state index in [1.165, 1.54) is 18.5 Å². The van der Waals surface area contributed by atoms with Crippen LogP contribution in [-0.2, 0) is 0 Å². The van der Waals surface area contributed by atoms with Crippen molar-refractivity contribution < 1.29 is 13.9 Å². The van der Waals surface area contributed by atoms with Gasteiger partial charge in [-0.2, -0.15) is 5.10 Å². The van der Waals surface area contributed by atoms with Gasteiger partial charge in [-0.05, 0) is 48.5 Å². The van der Waals surface area contributed by atoms with Gasteiger partial charge in [-0.15, -0.1) is 0 Å². The van der Waals surface area contributed by atoms with Crippen molar-refractivity contribution in [3.63, 3.8) is 0 Å². The van der Waals surface area contributed by atoms with Crippen LogP contribution in [0.1, 0.15) is 10.4 Å². The topological polar surface area (TPSA) is 94.0 Å². The quantitative estimate of drug-likeness (QED) is 0.519. The number of aromatic nitrogens is 4. The summed E-state index contributed by atoms with van der Waals surface area (Å²) in [4.78, 5) is 20.7. The molecule has 0 spiro atoms. The first-order chi connectivity index (χ1) is 13.7. The molecule has 140 valence electrons. The number of hydrazine groups is 1. The van der Waals surface area contributed by atoms with Crippen LogP contribution in [0.5, 0.6) is 5.75 Å². The summed E-state index contributed by atoms with van der Waals surface area (Å²) in [6.45, 7) is 0. The van der Waals surface area contributed by atoms with E-state index in [9.17, 15) is 9.18 Å². The van der Waals surface area contributed by atoms with Crippen molar-refractivity contribution in [3.8, 4) is 11.4 Å². The largest absolute Gasteiger partial charge is 0.497 e. The summed E-state index contributed by atoms with van der Waals surface area (Å²) in [6, 6.07) is 12.6. The molecule has 0 saturated carbocycles. The van der Waals surface area contributed by atoms with Crippen LogP contribution in [0, 0.1) is 5.82 Å². The van der Waals surface area contributed by atoms with E-state index in [0.717, 1.165) is 0 Å². The Kier molecular flexibility index (Phi) is 4.55. The van der Waals surface area contributed by atoms with Gasteiger partial charge < -0.3 is 4.74 Å². The number of nitrogens with one attached hydrogen (secondary N) is 2. The molecule has 0 radical (unpaired) electrons. The molecule has 1 amide bonds. The second-order valence-electron chi connectivity index (χ2n) is 5.80. The van der Waals surface area contributed by atoms with Crippen LogP contribution in [0.3, 0.4) is 0 Å².